The van der Waals surface area contributed by atoms with Crippen molar-refractivity contribution in [2.75, 3.05) is 6.61 Å². The van der Waals surface area contributed by atoms with Gasteiger partial charge in [-0.25, -0.2) is 4.79 Å². The van der Waals surface area contributed by atoms with Gasteiger partial charge in [0.05, 0.1) is 30.1 Å². The van der Waals surface area contributed by atoms with E-state index >= 15 is 0 Å². The first-order valence-electron chi connectivity index (χ1n) is 11.8. The summed E-state index contributed by atoms with van der Waals surface area (Å²) in [6, 6.07) is 11.9. The fourth-order valence-electron chi connectivity index (χ4n) is 5.01. The highest BCUT2D eigenvalue weighted by atomic mass is 16.5. The van der Waals surface area contributed by atoms with Crippen LogP contribution in [0.3, 0.4) is 0 Å². The maximum Gasteiger partial charge on any atom is 0.329 e. The SMILES string of the molecule is CCCC(CC(=O)OCC)n1c(=O)n(C(C)c2c[nH]c3cccc(C)c23)c2ccc(C)cc21. The largest absolute Gasteiger partial charge is 0.466 e. The van der Waals surface area contributed by atoms with Crippen molar-refractivity contribution < 1.29 is 9.53 Å². The highest BCUT2D eigenvalue weighted by molar-refractivity contribution is 5.87. The van der Waals surface area contributed by atoms with E-state index in [0.717, 1.165) is 45.9 Å². The molecule has 0 spiro atoms. The Labute approximate surface area is 194 Å². The van der Waals surface area contributed by atoms with Gasteiger partial charge < -0.3 is 9.72 Å². The summed E-state index contributed by atoms with van der Waals surface area (Å²) in [5, 5.41) is 1.15. The Balaban J connectivity index is 1.92. The van der Waals surface area contributed by atoms with Crippen LogP contribution in [-0.4, -0.2) is 26.7 Å². The Morgan fingerprint density at radius 1 is 1.09 bits per heavy atom. The highest BCUT2D eigenvalue weighted by Crippen LogP contribution is 2.32. The third-order valence-corrected chi connectivity index (χ3v) is 6.54. The van der Waals surface area contributed by atoms with Gasteiger partial charge in [-0.05, 0) is 63.4 Å². The van der Waals surface area contributed by atoms with E-state index in [2.05, 4.69) is 37.9 Å². The number of hydrogen-bond acceptors (Lipinski definition) is 3. The monoisotopic (exact) mass is 447 g/mol. The molecule has 33 heavy (non-hydrogen) atoms. The number of ether oxygens (including phenoxy) is 1. The molecular weight excluding hydrogens is 414 g/mol. The Kier molecular flexibility index (Phi) is 6.45. The Morgan fingerprint density at radius 2 is 1.88 bits per heavy atom. The number of carbonyl (C=O) groups is 1. The summed E-state index contributed by atoms with van der Waals surface area (Å²) in [4.78, 5) is 29.7. The van der Waals surface area contributed by atoms with Crippen LogP contribution in [0.1, 0.15) is 68.8 Å². The summed E-state index contributed by atoms with van der Waals surface area (Å²) in [5.41, 5.74) is 6.06. The van der Waals surface area contributed by atoms with E-state index in [0.29, 0.717) is 6.61 Å². The molecular formula is C27H33N3O3. The summed E-state index contributed by atoms with van der Waals surface area (Å²) in [5.74, 6) is -0.267. The molecule has 2 heterocycles. The number of nitrogens with zero attached hydrogens (tertiary/aromatic N) is 2. The Morgan fingerprint density at radius 3 is 2.61 bits per heavy atom. The molecule has 2 aromatic heterocycles. The first-order valence-corrected chi connectivity index (χ1v) is 11.8. The second kappa shape index (κ2) is 9.30. The summed E-state index contributed by atoms with van der Waals surface area (Å²) in [6.45, 7) is 10.4. The van der Waals surface area contributed by atoms with Crippen LogP contribution in [0.25, 0.3) is 21.9 Å². The van der Waals surface area contributed by atoms with Crippen LogP contribution < -0.4 is 5.69 Å². The number of esters is 1. The van der Waals surface area contributed by atoms with Crippen molar-refractivity contribution >= 4 is 27.9 Å². The van der Waals surface area contributed by atoms with E-state index < -0.39 is 0 Å². The molecule has 4 aromatic rings. The van der Waals surface area contributed by atoms with Crippen LogP contribution in [0.5, 0.6) is 0 Å². The quantitative estimate of drug-likeness (QED) is 0.347. The predicted molar refractivity (Wildman–Crippen MR) is 133 cm³/mol. The van der Waals surface area contributed by atoms with Crippen molar-refractivity contribution in [1.29, 1.82) is 0 Å². The summed E-state index contributed by atoms with van der Waals surface area (Å²) in [6.07, 6.45) is 3.79. The van der Waals surface area contributed by atoms with Gasteiger partial charge in [0.1, 0.15) is 0 Å². The number of aromatic amines is 1. The number of H-pyrrole nitrogens is 1. The van der Waals surface area contributed by atoms with Gasteiger partial charge in [0.15, 0.2) is 0 Å². The van der Waals surface area contributed by atoms with Crippen molar-refractivity contribution in [3.63, 3.8) is 0 Å². The maximum atomic E-state index is 14.0. The first-order chi connectivity index (χ1) is 15.9. The number of aryl methyl sites for hydroxylation is 2. The van der Waals surface area contributed by atoms with E-state index in [-0.39, 0.29) is 30.2 Å². The molecule has 0 saturated carbocycles. The number of nitrogens with one attached hydrogen (secondary N) is 1. The van der Waals surface area contributed by atoms with E-state index in [1.165, 1.54) is 5.56 Å². The lowest BCUT2D eigenvalue weighted by Crippen LogP contribution is -2.30. The third kappa shape index (κ3) is 4.10. The van der Waals surface area contributed by atoms with Crippen molar-refractivity contribution in [3.05, 3.63) is 69.8 Å². The van der Waals surface area contributed by atoms with Crippen molar-refractivity contribution in [2.45, 2.75) is 66.0 Å². The second-order valence-electron chi connectivity index (χ2n) is 8.88. The molecule has 2 aromatic carbocycles. The maximum absolute atomic E-state index is 14.0. The zero-order valence-electron chi connectivity index (χ0n) is 20.1. The molecule has 0 aliphatic heterocycles. The minimum absolute atomic E-state index is 0.0891. The zero-order chi connectivity index (χ0) is 23.7. The Bertz CT molecular complexity index is 1360. The summed E-state index contributed by atoms with van der Waals surface area (Å²) in [7, 11) is 0. The average molecular weight is 448 g/mol. The zero-order valence-corrected chi connectivity index (χ0v) is 20.1. The molecule has 0 aliphatic rings. The average Bonchev–Trinajstić information content (AvgIpc) is 3.32. The number of fused-ring (bicyclic) bond motifs is 2. The standard InChI is InChI=1S/C27H33N3O3/c1-6-9-20(15-25(31)33-7-2)30-24-14-17(3)12-13-23(24)29(27(30)32)19(5)21-16-28-22-11-8-10-18(4)26(21)22/h8,10-14,16,19-20,28H,6-7,9,15H2,1-5H3. The number of aromatic nitrogens is 3. The molecule has 6 nitrogen and oxygen atoms in total. The molecule has 0 bridgehead atoms. The minimum Gasteiger partial charge on any atom is -0.466 e. The fraction of sp³-hybridized carbons (Fsp3) is 0.407. The molecule has 0 aliphatic carbocycles. The van der Waals surface area contributed by atoms with Crippen molar-refractivity contribution in [2.24, 2.45) is 0 Å². The number of benzene rings is 2. The molecule has 1 N–H and O–H groups in total. The van der Waals surface area contributed by atoms with Gasteiger partial charge in [0.25, 0.3) is 0 Å². The van der Waals surface area contributed by atoms with Crippen molar-refractivity contribution in [1.82, 2.24) is 14.1 Å². The number of rotatable bonds is 8. The van der Waals surface area contributed by atoms with Gasteiger partial charge in [-0.3, -0.25) is 13.9 Å². The van der Waals surface area contributed by atoms with Crippen molar-refractivity contribution in [3.8, 4) is 0 Å². The van der Waals surface area contributed by atoms with Gasteiger partial charge in [-0.1, -0.05) is 31.5 Å². The molecule has 0 amide bonds. The number of carbonyl (C=O) groups excluding carboxylic acids is 1. The van der Waals surface area contributed by atoms with Crippen LogP contribution in [-0.2, 0) is 9.53 Å². The predicted octanol–water partition coefficient (Wildman–Crippen LogP) is 5.80. The Hall–Kier alpha value is -3.28. The van der Waals surface area contributed by atoms with Crippen LogP contribution in [0.2, 0.25) is 0 Å². The molecule has 0 radical (unpaired) electrons. The molecule has 4 rings (SSSR count). The third-order valence-electron chi connectivity index (χ3n) is 6.54. The van der Waals surface area contributed by atoms with Gasteiger partial charge in [-0.15, -0.1) is 0 Å². The summed E-state index contributed by atoms with van der Waals surface area (Å²) < 4.78 is 8.92. The lowest BCUT2D eigenvalue weighted by Gasteiger charge is -2.18. The summed E-state index contributed by atoms with van der Waals surface area (Å²) >= 11 is 0. The van der Waals surface area contributed by atoms with E-state index in [1.54, 1.807) is 6.92 Å². The van der Waals surface area contributed by atoms with Crippen LogP contribution >= 0.6 is 0 Å². The van der Waals surface area contributed by atoms with Crippen LogP contribution in [0.15, 0.2) is 47.4 Å². The topological polar surface area (TPSA) is 69.0 Å². The smallest absolute Gasteiger partial charge is 0.329 e. The first kappa shape index (κ1) is 22.9. The molecule has 174 valence electrons. The lowest BCUT2D eigenvalue weighted by atomic mass is 10.0. The van der Waals surface area contributed by atoms with Gasteiger partial charge in [-0.2, -0.15) is 0 Å². The van der Waals surface area contributed by atoms with Gasteiger partial charge in [0, 0.05) is 28.7 Å². The van der Waals surface area contributed by atoms with Crippen LogP contribution in [0.4, 0.5) is 0 Å². The molecule has 6 heteroatoms. The van der Waals surface area contributed by atoms with Gasteiger partial charge in [0.2, 0.25) is 0 Å². The van der Waals surface area contributed by atoms with Gasteiger partial charge >= 0.3 is 11.7 Å². The number of imidazole rings is 1. The normalized spacial score (nSPS) is 13.5. The lowest BCUT2D eigenvalue weighted by molar-refractivity contribution is -0.144. The van der Waals surface area contributed by atoms with E-state index in [9.17, 15) is 9.59 Å². The van der Waals surface area contributed by atoms with E-state index in [4.69, 9.17) is 4.74 Å². The number of hydrogen-bond donors (Lipinski definition) is 1. The van der Waals surface area contributed by atoms with E-state index in [1.807, 2.05) is 46.5 Å². The highest BCUT2D eigenvalue weighted by Gasteiger charge is 2.26. The minimum atomic E-state index is -0.267. The molecule has 0 saturated heterocycles. The molecule has 2 atom stereocenters. The molecule has 0 fully saturated rings. The van der Waals surface area contributed by atoms with Crippen LogP contribution in [0, 0.1) is 13.8 Å². The fourth-order valence-corrected chi connectivity index (χ4v) is 5.01. The second-order valence-corrected chi connectivity index (χ2v) is 8.88. The molecule has 2 unspecified atom stereocenters.